The van der Waals surface area contributed by atoms with Gasteiger partial charge in [0.25, 0.3) is 0 Å². The minimum Gasteiger partial charge on any atom is -0.464 e. The lowest BCUT2D eigenvalue weighted by Crippen LogP contribution is -2.33. The molecule has 4 heteroatoms. The smallest absolute Gasteiger partial charge is 0.305 e. The van der Waals surface area contributed by atoms with Crippen molar-refractivity contribution < 1.29 is 14.3 Å². The van der Waals surface area contributed by atoms with Gasteiger partial charge in [0.2, 0.25) is 5.91 Å². The molecule has 106 valence electrons. The monoisotopic (exact) mass is 257 g/mol. The number of ether oxygens (including phenoxy) is 1. The zero-order chi connectivity index (χ0) is 14.1. The molecule has 0 aromatic rings. The Morgan fingerprint density at radius 1 is 1.17 bits per heavy atom. The summed E-state index contributed by atoms with van der Waals surface area (Å²) in [7, 11) is 1.73. The lowest BCUT2D eigenvalue weighted by molar-refractivity contribution is -0.146. The van der Waals surface area contributed by atoms with E-state index in [0.717, 1.165) is 12.8 Å². The normalized spacial score (nSPS) is 10.8. The van der Waals surface area contributed by atoms with E-state index in [0.29, 0.717) is 18.9 Å². The van der Waals surface area contributed by atoms with Crippen molar-refractivity contribution in [2.75, 3.05) is 20.2 Å². The molecule has 4 nitrogen and oxygen atoms in total. The van der Waals surface area contributed by atoms with Gasteiger partial charge in [-0.05, 0) is 12.3 Å². The van der Waals surface area contributed by atoms with Crippen molar-refractivity contribution in [3.8, 4) is 0 Å². The Labute approximate surface area is 111 Å². The number of rotatable bonds is 8. The summed E-state index contributed by atoms with van der Waals surface area (Å²) >= 11 is 0. The second kappa shape index (κ2) is 8.95. The molecule has 0 fully saturated rings. The van der Waals surface area contributed by atoms with Crippen LogP contribution in [0.1, 0.15) is 47.0 Å². The van der Waals surface area contributed by atoms with Gasteiger partial charge in [0, 0.05) is 19.4 Å². The van der Waals surface area contributed by atoms with Gasteiger partial charge in [-0.1, -0.05) is 34.1 Å². The zero-order valence-corrected chi connectivity index (χ0v) is 12.4. The standard InChI is InChI=1S/C14H27NO3/c1-11(2)7-6-8-13(16)18-10-9-15(5)14(17)12(3)4/h11-12H,6-10H2,1-5H3. The first-order chi connectivity index (χ1) is 8.34. The molecule has 0 spiro atoms. The predicted molar refractivity (Wildman–Crippen MR) is 72.1 cm³/mol. The van der Waals surface area contributed by atoms with Gasteiger partial charge in [-0.15, -0.1) is 0 Å². The van der Waals surface area contributed by atoms with Crippen LogP contribution in [0.4, 0.5) is 0 Å². The Bertz CT molecular complexity index is 262. The molecule has 18 heavy (non-hydrogen) atoms. The van der Waals surface area contributed by atoms with Crippen LogP contribution in [0.15, 0.2) is 0 Å². The summed E-state index contributed by atoms with van der Waals surface area (Å²) in [4.78, 5) is 24.5. The first kappa shape index (κ1) is 16.9. The van der Waals surface area contributed by atoms with Crippen LogP contribution in [-0.4, -0.2) is 37.0 Å². The van der Waals surface area contributed by atoms with Crippen molar-refractivity contribution in [2.24, 2.45) is 11.8 Å². The van der Waals surface area contributed by atoms with E-state index >= 15 is 0 Å². The average Bonchev–Trinajstić information content (AvgIpc) is 2.27. The summed E-state index contributed by atoms with van der Waals surface area (Å²) in [6.45, 7) is 8.74. The van der Waals surface area contributed by atoms with E-state index in [1.165, 1.54) is 0 Å². The summed E-state index contributed by atoms with van der Waals surface area (Å²) < 4.78 is 5.09. The Balaban J connectivity index is 3.65. The van der Waals surface area contributed by atoms with Crippen LogP contribution < -0.4 is 0 Å². The van der Waals surface area contributed by atoms with Gasteiger partial charge in [0.05, 0.1) is 6.54 Å². The largest absolute Gasteiger partial charge is 0.464 e. The summed E-state index contributed by atoms with van der Waals surface area (Å²) in [5, 5.41) is 0. The van der Waals surface area contributed by atoms with Crippen LogP contribution >= 0.6 is 0 Å². The van der Waals surface area contributed by atoms with Gasteiger partial charge in [0.1, 0.15) is 6.61 Å². The molecule has 0 aromatic heterocycles. The van der Waals surface area contributed by atoms with Crippen molar-refractivity contribution in [3.63, 3.8) is 0 Å². The lowest BCUT2D eigenvalue weighted by Gasteiger charge is -2.19. The molecular weight excluding hydrogens is 230 g/mol. The van der Waals surface area contributed by atoms with E-state index in [9.17, 15) is 9.59 Å². The van der Waals surface area contributed by atoms with Crippen LogP contribution in [0.5, 0.6) is 0 Å². The molecule has 0 aromatic carbocycles. The molecule has 0 saturated heterocycles. The summed E-state index contributed by atoms with van der Waals surface area (Å²) in [6.07, 6.45) is 2.39. The molecule has 0 saturated carbocycles. The maximum Gasteiger partial charge on any atom is 0.305 e. The van der Waals surface area contributed by atoms with Gasteiger partial charge in [-0.2, -0.15) is 0 Å². The third-order valence-electron chi connectivity index (χ3n) is 2.72. The number of likely N-dealkylation sites (N-methyl/N-ethyl adjacent to an activating group) is 1. The fraction of sp³-hybridized carbons (Fsp3) is 0.857. The Morgan fingerprint density at radius 3 is 2.28 bits per heavy atom. The summed E-state index contributed by atoms with van der Waals surface area (Å²) in [5.41, 5.74) is 0. The first-order valence-corrected chi connectivity index (χ1v) is 6.75. The van der Waals surface area contributed by atoms with Crippen molar-refractivity contribution in [1.82, 2.24) is 4.90 Å². The van der Waals surface area contributed by atoms with Crippen molar-refractivity contribution in [2.45, 2.75) is 47.0 Å². The molecular formula is C14H27NO3. The zero-order valence-electron chi connectivity index (χ0n) is 12.4. The molecule has 0 heterocycles. The lowest BCUT2D eigenvalue weighted by atomic mass is 10.1. The molecule has 0 bridgehead atoms. The number of hydrogen-bond donors (Lipinski definition) is 0. The number of amides is 1. The Morgan fingerprint density at radius 2 is 1.78 bits per heavy atom. The number of esters is 1. The third kappa shape index (κ3) is 8.09. The number of carbonyl (C=O) groups excluding carboxylic acids is 2. The molecule has 0 atom stereocenters. The highest BCUT2D eigenvalue weighted by Gasteiger charge is 2.13. The Kier molecular flexibility index (Phi) is 8.42. The molecule has 0 aliphatic rings. The van der Waals surface area contributed by atoms with Gasteiger partial charge in [-0.25, -0.2) is 0 Å². The number of nitrogens with zero attached hydrogens (tertiary/aromatic N) is 1. The summed E-state index contributed by atoms with van der Waals surface area (Å²) in [6, 6.07) is 0. The maximum atomic E-state index is 11.6. The highest BCUT2D eigenvalue weighted by Crippen LogP contribution is 2.06. The average molecular weight is 257 g/mol. The topological polar surface area (TPSA) is 46.6 Å². The molecule has 1 amide bonds. The quantitative estimate of drug-likeness (QED) is 0.628. The fourth-order valence-electron chi connectivity index (χ4n) is 1.57. The van der Waals surface area contributed by atoms with Crippen LogP contribution in [-0.2, 0) is 14.3 Å². The van der Waals surface area contributed by atoms with E-state index < -0.39 is 0 Å². The van der Waals surface area contributed by atoms with Crippen LogP contribution in [0, 0.1) is 11.8 Å². The minimum absolute atomic E-state index is 0.0169. The van der Waals surface area contributed by atoms with E-state index in [4.69, 9.17) is 4.74 Å². The van der Waals surface area contributed by atoms with Crippen molar-refractivity contribution in [1.29, 1.82) is 0 Å². The maximum absolute atomic E-state index is 11.6. The second-order valence-corrected chi connectivity index (χ2v) is 5.42. The van der Waals surface area contributed by atoms with Gasteiger partial charge in [0.15, 0.2) is 0 Å². The van der Waals surface area contributed by atoms with Crippen molar-refractivity contribution in [3.05, 3.63) is 0 Å². The molecule has 0 unspecified atom stereocenters. The second-order valence-electron chi connectivity index (χ2n) is 5.42. The van der Waals surface area contributed by atoms with Crippen LogP contribution in [0.3, 0.4) is 0 Å². The fourth-order valence-corrected chi connectivity index (χ4v) is 1.57. The molecule has 0 aliphatic carbocycles. The van der Waals surface area contributed by atoms with Crippen LogP contribution in [0.2, 0.25) is 0 Å². The van der Waals surface area contributed by atoms with E-state index in [-0.39, 0.29) is 24.4 Å². The highest BCUT2D eigenvalue weighted by atomic mass is 16.5. The van der Waals surface area contributed by atoms with Gasteiger partial charge in [-0.3, -0.25) is 9.59 Å². The SMILES string of the molecule is CC(C)CCCC(=O)OCCN(C)C(=O)C(C)C. The van der Waals surface area contributed by atoms with E-state index in [1.807, 2.05) is 13.8 Å². The van der Waals surface area contributed by atoms with Crippen molar-refractivity contribution >= 4 is 11.9 Å². The number of hydrogen-bond acceptors (Lipinski definition) is 3. The molecule has 0 radical (unpaired) electrons. The Hall–Kier alpha value is -1.06. The third-order valence-corrected chi connectivity index (χ3v) is 2.72. The predicted octanol–water partition coefficient (Wildman–Crippen LogP) is 2.47. The first-order valence-electron chi connectivity index (χ1n) is 6.75. The van der Waals surface area contributed by atoms with Crippen LogP contribution in [0.25, 0.3) is 0 Å². The number of carbonyl (C=O) groups is 2. The van der Waals surface area contributed by atoms with Gasteiger partial charge >= 0.3 is 5.97 Å². The molecule has 0 aliphatic heterocycles. The van der Waals surface area contributed by atoms with E-state index in [1.54, 1.807) is 11.9 Å². The minimum atomic E-state index is -0.166. The summed E-state index contributed by atoms with van der Waals surface area (Å²) in [5.74, 6) is 0.510. The van der Waals surface area contributed by atoms with Gasteiger partial charge < -0.3 is 9.64 Å². The molecule has 0 N–H and O–H groups in total. The van der Waals surface area contributed by atoms with E-state index in [2.05, 4.69) is 13.8 Å². The molecule has 0 rings (SSSR count). The highest BCUT2D eigenvalue weighted by molar-refractivity contribution is 5.77.